The van der Waals surface area contributed by atoms with Crippen LogP contribution in [0.5, 0.6) is 0 Å². The second kappa shape index (κ2) is 7.82. The molecule has 3 rings (SSSR count). The maximum Gasteiger partial charge on any atom is 0.416 e. The minimum atomic E-state index is -4.50. The van der Waals surface area contributed by atoms with Crippen molar-refractivity contribution in [3.05, 3.63) is 71.2 Å². The first-order chi connectivity index (χ1) is 12.7. The molecule has 0 unspecified atom stereocenters. The largest absolute Gasteiger partial charge is 0.416 e. The van der Waals surface area contributed by atoms with Crippen molar-refractivity contribution in [1.82, 2.24) is 0 Å². The van der Waals surface area contributed by atoms with E-state index < -0.39 is 22.9 Å². The van der Waals surface area contributed by atoms with E-state index in [2.05, 4.69) is 5.32 Å². The Morgan fingerprint density at radius 3 is 2.44 bits per heavy atom. The van der Waals surface area contributed by atoms with Gasteiger partial charge in [0, 0.05) is 4.90 Å². The van der Waals surface area contributed by atoms with Gasteiger partial charge in [0.15, 0.2) is 0 Å². The fourth-order valence-corrected chi connectivity index (χ4v) is 3.61. The Bertz CT molecular complexity index is 990. The highest BCUT2D eigenvalue weighted by molar-refractivity contribution is 8.00. The van der Waals surface area contributed by atoms with Gasteiger partial charge in [-0.05, 0) is 48.0 Å². The van der Waals surface area contributed by atoms with E-state index in [0.717, 1.165) is 33.9 Å². The quantitative estimate of drug-likeness (QED) is 0.490. The van der Waals surface area contributed by atoms with Gasteiger partial charge in [-0.25, -0.2) is 0 Å². The van der Waals surface area contributed by atoms with Crippen LogP contribution in [0.4, 0.5) is 18.9 Å². The Morgan fingerprint density at radius 2 is 1.74 bits per heavy atom. The van der Waals surface area contributed by atoms with Gasteiger partial charge in [-0.1, -0.05) is 41.9 Å². The van der Waals surface area contributed by atoms with E-state index in [9.17, 15) is 18.0 Å². The molecule has 0 fully saturated rings. The number of benzene rings is 3. The van der Waals surface area contributed by atoms with Crippen LogP contribution in [0, 0.1) is 0 Å². The minimum Gasteiger partial charge on any atom is -0.324 e. The fourth-order valence-electron chi connectivity index (χ4n) is 2.53. The molecule has 0 bridgehead atoms. The van der Waals surface area contributed by atoms with Crippen LogP contribution in [0.1, 0.15) is 12.5 Å². The van der Waals surface area contributed by atoms with E-state index >= 15 is 0 Å². The lowest BCUT2D eigenvalue weighted by Crippen LogP contribution is -2.22. The molecule has 140 valence electrons. The van der Waals surface area contributed by atoms with Crippen LogP contribution in [0.25, 0.3) is 10.8 Å². The zero-order valence-electron chi connectivity index (χ0n) is 14.2. The first-order valence-corrected chi connectivity index (χ1v) is 9.33. The lowest BCUT2D eigenvalue weighted by molar-refractivity contribution is -0.137. The topological polar surface area (TPSA) is 29.1 Å². The summed E-state index contributed by atoms with van der Waals surface area (Å²) in [5.41, 5.74) is -0.917. The van der Waals surface area contributed by atoms with Gasteiger partial charge in [-0.2, -0.15) is 13.2 Å². The summed E-state index contributed by atoms with van der Waals surface area (Å²) in [6, 6.07) is 16.6. The van der Waals surface area contributed by atoms with E-state index in [4.69, 9.17) is 11.6 Å². The minimum absolute atomic E-state index is 0.0533. The lowest BCUT2D eigenvalue weighted by atomic mass is 10.1. The Labute approximate surface area is 163 Å². The maximum absolute atomic E-state index is 12.9. The molecule has 0 aromatic heterocycles. The van der Waals surface area contributed by atoms with Gasteiger partial charge in [0.2, 0.25) is 5.91 Å². The predicted molar refractivity (Wildman–Crippen MR) is 104 cm³/mol. The van der Waals surface area contributed by atoms with E-state index in [1.165, 1.54) is 11.8 Å². The Kier molecular flexibility index (Phi) is 5.67. The van der Waals surface area contributed by atoms with Gasteiger partial charge < -0.3 is 5.32 Å². The molecule has 1 amide bonds. The van der Waals surface area contributed by atoms with Crippen LogP contribution >= 0.6 is 23.4 Å². The normalized spacial score (nSPS) is 12.8. The van der Waals surface area contributed by atoms with E-state index in [1.54, 1.807) is 6.92 Å². The standard InChI is InChI=1S/C20H15ClF3NOS/c1-12(27-16-8-6-13-4-2-3-5-14(13)10-16)19(26)25-18-11-15(20(22,23)24)7-9-17(18)21/h2-12H,1H3,(H,25,26)/t12-/m1/s1. The molecule has 3 aromatic rings. The third kappa shape index (κ3) is 4.76. The van der Waals surface area contributed by atoms with Gasteiger partial charge in [0.25, 0.3) is 0 Å². The number of halogens is 4. The second-order valence-corrected chi connectivity index (χ2v) is 7.77. The van der Waals surface area contributed by atoms with Gasteiger partial charge in [-0.3, -0.25) is 4.79 Å². The molecule has 1 N–H and O–H groups in total. The van der Waals surface area contributed by atoms with Gasteiger partial charge in [0.1, 0.15) is 0 Å². The van der Waals surface area contributed by atoms with Crippen LogP contribution in [-0.4, -0.2) is 11.2 Å². The zero-order valence-corrected chi connectivity index (χ0v) is 15.8. The Balaban J connectivity index is 1.73. The van der Waals surface area contributed by atoms with Gasteiger partial charge in [-0.15, -0.1) is 11.8 Å². The van der Waals surface area contributed by atoms with Crippen molar-refractivity contribution >= 4 is 45.7 Å². The Hall–Kier alpha value is -2.18. The van der Waals surface area contributed by atoms with E-state index in [-0.39, 0.29) is 10.7 Å². The number of carbonyl (C=O) groups excluding carboxylic acids is 1. The van der Waals surface area contributed by atoms with Crippen molar-refractivity contribution in [2.45, 2.75) is 23.2 Å². The zero-order chi connectivity index (χ0) is 19.6. The van der Waals surface area contributed by atoms with Crippen LogP contribution in [0.2, 0.25) is 5.02 Å². The third-order valence-corrected chi connectivity index (χ3v) is 5.38. The fraction of sp³-hybridized carbons (Fsp3) is 0.150. The molecule has 1 atom stereocenters. The number of nitrogens with one attached hydrogen (secondary N) is 1. The summed E-state index contributed by atoms with van der Waals surface area (Å²) in [5.74, 6) is -0.422. The first kappa shape index (κ1) is 19.6. The molecule has 7 heteroatoms. The Morgan fingerprint density at radius 1 is 1.04 bits per heavy atom. The summed E-state index contributed by atoms with van der Waals surface area (Å²) in [6.45, 7) is 1.69. The average Bonchev–Trinajstić information content (AvgIpc) is 2.62. The van der Waals surface area contributed by atoms with Crippen molar-refractivity contribution < 1.29 is 18.0 Å². The van der Waals surface area contributed by atoms with Gasteiger partial charge in [0.05, 0.1) is 21.5 Å². The molecule has 2 nitrogen and oxygen atoms in total. The SMILES string of the molecule is C[C@@H](Sc1ccc2ccccc2c1)C(=O)Nc1cc(C(F)(F)F)ccc1Cl. The van der Waals surface area contributed by atoms with Gasteiger partial charge >= 0.3 is 6.18 Å². The maximum atomic E-state index is 12.9. The lowest BCUT2D eigenvalue weighted by Gasteiger charge is -2.15. The number of amides is 1. The molecular weight excluding hydrogens is 395 g/mol. The molecule has 0 aliphatic rings. The average molecular weight is 410 g/mol. The third-order valence-electron chi connectivity index (χ3n) is 3.95. The molecule has 27 heavy (non-hydrogen) atoms. The number of fused-ring (bicyclic) bond motifs is 1. The number of alkyl halides is 3. The molecule has 0 radical (unpaired) electrons. The highest BCUT2D eigenvalue weighted by atomic mass is 35.5. The predicted octanol–water partition coefficient (Wildman–Crippen LogP) is 6.63. The number of hydrogen-bond acceptors (Lipinski definition) is 2. The molecule has 0 saturated carbocycles. The molecule has 0 aliphatic heterocycles. The van der Waals surface area contributed by atoms with Crippen LogP contribution in [0.15, 0.2) is 65.6 Å². The molecule has 3 aromatic carbocycles. The molecule has 0 saturated heterocycles. The van der Waals surface area contributed by atoms with Crippen LogP contribution in [-0.2, 0) is 11.0 Å². The summed E-state index contributed by atoms with van der Waals surface area (Å²) in [6.07, 6.45) is -4.50. The summed E-state index contributed by atoms with van der Waals surface area (Å²) >= 11 is 7.26. The number of carbonyl (C=O) groups is 1. The molecular formula is C20H15ClF3NOS. The van der Waals surface area contributed by atoms with Crippen molar-refractivity contribution in [1.29, 1.82) is 0 Å². The van der Waals surface area contributed by atoms with E-state index in [1.807, 2.05) is 42.5 Å². The number of thioether (sulfide) groups is 1. The number of anilines is 1. The molecule has 0 aliphatic carbocycles. The van der Waals surface area contributed by atoms with Crippen LogP contribution < -0.4 is 5.32 Å². The summed E-state index contributed by atoms with van der Waals surface area (Å²) < 4.78 is 38.6. The number of hydrogen-bond donors (Lipinski definition) is 1. The monoisotopic (exact) mass is 409 g/mol. The smallest absolute Gasteiger partial charge is 0.324 e. The molecule has 0 spiro atoms. The summed E-state index contributed by atoms with van der Waals surface area (Å²) in [4.78, 5) is 13.3. The van der Waals surface area contributed by atoms with Crippen LogP contribution in [0.3, 0.4) is 0 Å². The van der Waals surface area contributed by atoms with Crippen molar-refractivity contribution in [2.24, 2.45) is 0 Å². The number of rotatable bonds is 4. The summed E-state index contributed by atoms with van der Waals surface area (Å²) in [7, 11) is 0. The summed E-state index contributed by atoms with van der Waals surface area (Å²) in [5, 5.41) is 4.17. The van der Waals surface area contributed by atoms with Crippen molar-refractivity contribution in [2.75, 3.05) is 5.32 Å². The highest BCUT2D eigenvalue weighted by Crippen LogP contribution is 2.34. The van der Waals surface area contributed by atoms with Crippen molar-refractivity contribution in [3.8, 4) is 0 Å². The first-order valence-electron chi connectivity index (χ1n) is 8.07. The van der Waals surface area contributed by atoms with Crippen molar-refractivity contribution in [3.63, 3.8) is 0 Å². The van der Waals surface area contributed by atoms with E-state index in [0.29, 0.717) is 0 Å². The second-order valence-electron chi connectivity index (χ2n) is 5.95. The molecule has 0 heterocycles. The highest BCUT2D eigenvalue weighted by Gasteiger charge is 2.31.